The lowest BCUT2D eigenvalue weighted by atomic mass is 10.2. The summed E-state index contributed by atoms with van der Waals surface area (Å²) in [6, 6.07) is 8.36. The Morgan fingerprint density at radius 2 is 2.24 bits per heavy atom. The lowest BCUT2D eigenvalue weighted by molar-refractivity contribution is -0.129. The molecule has 2 amide bonds. The number of carbonyl (C=O) groups is 3. The number of hydrogen-bond donors (Lipinski definition) is 2. The number of nitrogens with one attached hydrogen (secondary N) is 2. The smallest absolute Gasteiger partial charge is 0.338 e. The van der Waals surface area contributed by atoms with Crippen molar-refractivity contribution in [3.8, 4) is 0 Å². The van der Waals surface area contributed by atoms with Gasteiger partial charge in [-0.25, -0.2) is 4.79 Å². The Labute approximate surface area is 148 Å². The van der Waals surface area contributed by atoms with Gasteiger partial charge in [-0.1, -0.05) is 0 Å². The summed E-state index contributed by atoms with van der Waals surface area (Å²) < 4.78 is 10.3. The number of esters is 1. The topological polar surface area (TPSA) is 97.6 Å². The standard InChI is InChI=1S/C17H16N2O5S/c1-10(16(21)18-8-12-3-2-6-23-12)24-17(22)11-4-5-14-13(7-11)19-15(20)9-25-14/h2-7,10H,8-9H2,1H3,(H,18,21)(H,19,20)/t10-/m1/s1. The van der Waals surface area contributed by atoms with Gasteiger partial charge in [0.2, 0.25) is 5.91 Å². The highest BCUT2D eigenvalue weighted by Crippen LogP contribution is 2.32. The van der Waals surface area contributed by atoms with E-state index in [1.807, 2.05) is 0 Å². The maximum absolute atomic E-state index is 12.2. The molecule has 7 nitrogen and oxygen atoms in total. The van der Waals surface area contributed by atoms with Crippen LogP contribution in [0, 0.1) is 0 Å². The number of fused-ring (bicyclic) bond motifs is 1. The van der Waals surface area contributed by atoms with Gasteiger partial charge in [0, 0.05) is 4.90 Å². The Bertz CT molecular complexity index is 803. The van der Waals surface area contributed by atoms with Crippen molar-refractivity contribution in [2.45, 2.75) is 24.5 Å². The van der Waals surface area contributed by atoms with Crippen molar-refractivity contribution in [3.05, 3.63) is 47.9 Å². The van der Waals surface area contributed by atoms with E-state index in [0.717, 1.165) is 4.90 Å². The molecule has 1 atom stereocenters. The minimum Gasteiger partial charge on any atom is -0.467 e. The van der Waals surface area contributed by atoms with Crippen LogP contribution in [-0.2, 0) is 20.9 Å². The number of furan rings is 1. The quantitative estimate of drug-likeness (QED) is 0.793. The van der Waals surface area contributed by atoms with Gasteiger partial charge in [0.1, 0.15) is 5.76 Å². The highest BCUT2D eigenvalue weighted by molar-refractivity contribution is 8.00. The number of ether oxygens (including phenoxy) is 1. The van der Waals surface area contributed by atoms with Gasteiger partial charge in [-0.3, -0.25) is 9.59 Å². The molecule has 0 saturated heterocycles. The zero-order valence-electron chi connectivity index (χ0n) is 13.4. The summed E-state index contributed by atoms with van der Waals surface area (Å²) >= 11 is 1.40. The van der Waals surface area contributed by atoms with E-state index < -0.39 is 18.0 Å². The average molecular weight is 360 g/mol. The molecular weight excluding hydrogens is 344 g/mol. The van der Waals surface area contributed by atoms with Crippen LogP contribution in [0.5, 0.6) is 0 Å². The van der Waals surface area contributed by atoms with Crippen LogP contribution in [0.1, 0.15) is 23.0 Å². The van der Waals surface area contributed by atoms with Crippen molar-refractivity contribution in [1.29, 1.82) is 0 Å². The molecule has 1 aliphatic heterocycles. The van der Waals surface area contributed by atoms with E-state index in [-0.39, 0.29) is 18.0 Å². The first kappa shape index (κ1) is 17.1. The number of thioether (sulfide) groups is 1. The molecule has 1 aromatic carbocycles. The SMILES string of the molecule is C[C@@H](OC(=O)c1ccc2c(c1)NC(=O)CS2)C(=O)NCc1ccco1. The fourth-order valence-electron chi connectivity index (χ4n) is 2.22. The minimum atomic E-state index is -0.956. The molecule has 0 saturated carbocycles. The summed E-state index contributed by atoms with van der Waals surface area (Å²) in [5.41, 5.74) is 0.845. The van der Waals surface area contributed by atoms with E-state index >= 15 is 0 Å². The summed E-state index contributed by atoms with van der Waals surface area (Å²) in [6.45, 7) is 1.71. The lowest BCUT2D eigenvalue weighted by Crippen LogP contribution is -2.35. The summed E-state index contributed by atoms with van der Waals surface area (Å²) in [7, 11) is 0. The highest BCUT2D eigenvalue weighted by atomic mass is 32.2. The van der Waals surface area contributed by atoms with Crippen molar-refractivity contribution >= 4 is 35.2 Å². The van der Waals surface area contributed by atoms with E-state index in [2.05, 4.69) is 10.6 Å². The van der Waals surface area contributed by atoms with Gasteiger partial charge in [0.15, 0.2) is 6.10 Å². The molecule has 130 valence electrons. The largest absolute Gasteiger partial charge is 0.467 e. The molecule has 1 aromatic heterocycles. The fraction of sp³-hybridized carbons (Fsp3) is 0.235. The summed E-state index contributed by atoms with van der Waals surface area (Å²) in [6.07, 6.45) is 0.556. The molecule has 0 aliphatic carbocycles. The van der Waals surface area contributed by atoms with Crippen LogP contribution in [-0.4, -0.2) is 29.6 Å². The first-order valence-electron chi connectivity index (χ1n) is 7.60. The van der Waals surface area contributed by atoms with Crippen molar-refractivity contribution in [2.24, 2.45) is 0 Å². The monoisotopic (exact) mass is 360 g/mol. The third-order valence-corrected chi connectivity index (χ3v) is 4.59. The predicted octanol–water partition coefficient (Wildman–Crippen LogP) is 2.19. The fourth-order valence-corrected chi connectivity index (χ4v) is 3.01. The molecule has 0 unspecified atom stereocenters. The second kappa shape index (κ2) is 7.43. The molecule has 2 aromatic rings. The van der Waals surface area contributed by atoms with E-state index in [0.29, 0.717) is 17.2 Å². The summed E-state index contributed by atoms with van der Waals surface area (Å²) in [5.74, 6) is -0.215. The molecule has 2 heterocycles. The molecular formula is C17H16N2O5S. The van der Waals surface area contributed by atoms with Crippen LogP contribution in [0.25, 0.3) is 0 Å². The van der Waals surface area contributed by atoms with Crippen LogP contribution in [0.2, 0.25) is 0 Å². The van der Waals surface area contributed by atoms with Gasteiger partial charge in [-0.05, 0) is 37.3 Å². The van der Waals surface area contributed by atoms with Gasteiger partial charge < -0.3 is 19.8 Å². The Balaban J connectivity index is 1.58. The Morgan fingerprint density at radius 3 is 3.00 bits per heavy atom. The van der Waals surface area contributed by atoms with Crippen molar-refractivity contribution in [3.63, 3.8) is 0 Å². The molecule has 0 bridgehead atoms. The van der Waals surface area contributed by atoms with E-state index in [1.165, 1.54) is 24.9 Å². The van der Waals surface area contributed by atoms with Crippen LogP contribution in [0.4, 0.5) is 5.69 Å². The van der Waals surface area contributed by atoms with E-state index in [4.69, 9.17) is 9.15 Å². The Hall–Kier alpha value is -2.74. The van der Waals surface area contributed by atoms with Gasteiger partial charge in [-0.15, -0.1) is 11.8 Å². The summed E-state index contributed by atoms with van der Waals surface area (Å²) in [4.78, 5) is 36.5. The van der Waals surface area contributed by atoms with Crippen LogP contribution in [0.15, 0.2) is 45.9 Å². The molecule has 3 rings (SSSR count). The van der Waals surface area contributed by atoms with Crippen molar-refractivity contribution in [1.82, 2.24) is 5.32 Å². The highest BCUT2D eigenvalue weighted by Gasteiger charge is 2.21. The number of rotatable bonds is 5. The van der Waals surface area contributed by atoms with Crippen LogP contribution < -0.4 is 10.6 Å². The van der Waals surface area contributed by atoms with Gasteiger partial charge >= 0.3 is 5.97 Å². The number of anilines is 1. The number of hydrogen-bond acceptors (Lipinski definition) is 6. The summed E-state index contributed by atoms with van der Waals surface area (Å²) in [5, 5.41) is 5.34. The number of amides is 2. The first-order valence-corrected chi connectivity index (χ1v) is 8.59. The second-order valence-electron chi connectivity index (χ2n) is 5.39. The van der Waals surface area contributed by atoms with Gasteiger partial charge in [0.05, 0.1) is 29.8 Å². The molecule has 0 fully saturated rings. The zero-order chi connectivity index (χ0) is 17.8. The maximum atomic E-state index is 12.2. The average Bonchev–Trinajstić information content (AvgIpc) is 3.12. The van der Waals surface area contributed by atoms with E-state index in [1.54, 1.807) is 30.3 Å². The molecule has 1 aliphatic rings. The Morgan fingerprint density at radius 1 is 1.40 bits per heavy atom. The normalized spacial score (nSPS) is 14.2. The van der Waals surface area contributed by atoms with Gasteiger partial charge in [-0.2, -0.15) is 0 Å². The van der Waals surface area contributed by atoms with Crippen LogP contribution in [0.3, 0.4) is 0 Å². The molecule has 2 N–H and O–H groups in total. The van der Waals surface area contributed by atoms with E-state index in [9.17, 15) is 14.4 Å². The second-order valence-corrected chi connectivity index (χ2v) is 6.41. The number of carbonyl (C=O) groups excluding carboxylic acids is 3. The molecule has 0 spiro atoms. The van der Waals surface area contributed by atoms with Gasteiger partial charge in [0.25, 0.3) is 5.91 Å². The van der Waals surface area contributed by atoms with Crippen LogP contribution >= 0.6 is 11.8 Å². The third kappa shape index (κ3) is 4.21. The number of benzene rings is 1. The van der Waals surface area contributed by atoms with Crippen molar-refractivity contribution in [2.75, 3.05) is 11.1 Å². The van der Waals surface area contributed by atoms with Crippen molar-refractivity contribution < 1.29 is 23.5 Å². The predicted molar refractivity (Wildman–Crippen MR) is 91.2 cm³/mol. The molecule has 0 radical (unpaired) electrons. The molecule has 25 heavy (non-hydrogen) atoms. The molecule has 8 heteroatoms. The first-order chi connectivity index (χ1) is 12.0. The zero-order valence-corrected chi connectivity index (χ0v) is 14.2. The Kier molecular flexibility index (Phi) is 5.08. The minimum absolute atomic E-state index is 0.117. The maximum Gasteiger partial charge on any atom is 0.338 e. The third-order valence-electron chi connectivity index (χ3n) is 3.52. The lowest BCUT2D eigenvalue weighted by Gasteiger charge is -2.17.